The molecule has 0 aliphatic heterocycles. The average Bonchev–Trinajstić information content (AvgIpc) is 3.51. The maximum absolute atomic E-state index is 2.50. The second kappa shape index (κ2) is 9.14. The van der Waals surface area contributed by atoms with Gasteiger partial charge >= 0.3 is 0 Å². The molecule has 1 heterocycles. The lowest BCUT2D eigenvalue weighted by molar-refractivity contribution is 0.661. The van der Waals surface area contributed by atoms with Gasteiger partial charge in [0, 0.05) is 31.2 Å². The normalized spacial score (nSPS) is 13.6. The van der Waals surface area contributed by atoms with E-state index >= 15 is 0 Å². The molecule has 0 saturated heterocycles. The molecule has 210 valence electrons. The smallest absolute Gasteiger partial charge is 0.0437 e. The molecule has 0 N–H and O–H groups in total. The second-order valence-corrected chi connectivity index (χ2v) is 14.1. The molecule has 1 aliphatic rings. The summed E-state index contributed by atoms with van der Waals surface area (Å²) in [5.74, 6) is 0. The van der Waals surface area contributed by atoms with E-state index in [4.69, 9.17) is 0 Å². The van der Waals surface area contributed by atoms with Crippen molar-refractivity contribution in [3.05, 3.63) is 144 Å². The number of fused-ring (bicyclic) bond motifs is 9. The molecule has 8 aromatic rings. The highest BCUT2D eigenvalue weighted by Crippen LogP contribution is 2.55. The van der Waals surface area contributed by atoms with Gasteiger partial charge in [0.05, 0.1) is 0 Å². The fourth-order valence-corrected chi connectivity index (χ4v) is 9.15. The van der Waals surface area contributed by atoms with Crippen LogP contribution in [0.25, 0.3) is 75.1 Å². The van der Waals surface area contributed by atoms with Crippen LogP contribution in [0.3, 0.4) is 0 Å². The van der Waals surface area contributed by atoms with Crippen LogP contribution >= 0.6 is 11.3 Å². The van der Waals surface area contributed by atoms with Crippen molar-refractivity contribution >= 4 is 53.1 Å². The van der Waals surface area contributed by atoms with Crippen LogP contribution in [-0.4, -0.2) is 0 Å². The molecule has 0 atom stereocenters. The first-order valence-electron chi connectivity index (χ1n) is 15.5. The van der Waals surface area contributed by atoms with Crippen molar-refractivity contribution in [1.29, 1.82) is 0 Å². The molecule has 0 fully saturated rings. The summed E-state index contributed by atoms with van der Waals surface area (Å²) in [6.07, 6.45) is 0. The Kier molecular flexibility index (Phi) is 5.35. The van der Waals surface area contributed by atoms with E-state index in [1.54, 1.807) is 0 Å². The highest BCUT2D eigenvalue weighted by molar-refractivity contribution is 7.26. The first-order valence-corrected chi connectivity index (χ1v) is 16.3. The third-order valence-electron chi connectivity index (χ3n) is 9.99. The maximum Gasteiger partial charge on any atom is 0.0437 e. The summed E-state index contributed by atoms with van der Waals surface area (Å²) in [6.45, 7) is 9.15. The van der Waals surface area contributed by atoms with Gasteiger partial charge in [-0.15, -0.1) is 11.3 Å². The van der Waals surface area contributed by atoms with Gasteiger partial charge in [0.2, 0.25) is 0 Å². The number of hydrogen-bond donors (Lipinski definition) is 0. The number of hydrogen-bond acceptors (Lipinski definition) is 1. The summed E-state index contributed by atoms with van der Waals surface area (Å²) < 4.78 is 2.80. The lowest BCUT2D eigenvalue weighted by atomic mass is 9.80. The highest BCUT2D eigenvalue weighted by atomic mass is 32.1. The van der Waals surface area contributed by atoms with E-state index in [1.807, 2.05) is 11.3 Å². The van der Waals surface area contributed by atoms with Crippen molar-refractivity contribution < 1.29 is 0 Å². The summed E-state index contributed by atoms with van der Waals surface area (Å²) in [5.41, 5.74) is 13.4. The van der Waals surface area contributed by atoms with Crippen LogP contribution in [-0.2, 0) is 5.41 Å². The topological polar surface area (TPSA) is 0 Å². The minimum absolute atomic E-state index is 0.0889. The Morgan fingerprint density at radius 3 is 1.68 bits per heavy atom. The molecule has 0 nitrogen and oxygen atoms in total. The number of rotatable bonds is 2. The fraction of sp³-hybridized carbons (Fsp3) is 0.116. The molecule has 44 heavy (non-hydrogen) atoms. The molecular weight excluding hydrogens is 549 g/mol. The summed E-state index contributed by atoms with van der Waals surface area (Å²) in [6, 6.07) is 45.9. The third-order valence-corrected chi connectivity index (χ3v) is 11.2. The predicted octanol–water partition coefficient (Wildman–Crippen LogP) is 12.6. The molecular formula is C43H32S. The molecule has 0 bridgehead atoms. The molecule has 0 saturated carbocycles. The van der Waals surface area contributed by atoms with Gasteiger partial charge in [0.15, 0.2) is 0 Å². The third kappa shape index (κ3) is 3.51. The van der Waals surface area contributed by atoms with E-state index in [9.17, 15) is 0 Å². The monoisotopic (exact) mass is 580 g/mol. The van der Waals surface area contributed by atoms with Gasteiger partial charge in [-0.25, -0.2) is 0 Å². The van der Waals surface area contributed by atoms with Crippen LogP contribution in [0.15, 0.2) is 121 Å². The van der Waals surface area contributed by atoms with Gasteiger partial charge < -0.3 is 0 Å². The molecule has 0 spiro atoms. The molecule has 1 aliphatic carbocycles. The van der Waals surface area contributed by atoms with E-state index in [-0.39, 0.29) is 5.41 Å². The Labute approximate surface area is 262 Å². The second-order valence-electron chi connectivity index (χ2n) is 13.1. The van der Waals surface area contributed by atoms with Gasteiger partial charge in [0.1, 0.15) is 0 Å². The van der Waals surface area contributed by atoms with E-state index in [0.717, 1.165) is 0 Å². The Hall–Kier alpha value is -4.72. The fourth-order valence-electron chi connectivity index (χ4n) is 7.79. The molecule has 7 aromatic carbocycles. The first-order chi connectivity index (χ1) is 21.4. The van der Waals surface area contributed by atoms with Crippen molar-refractivity contribution in [2.75, 3.05) is 0 Å². The molecule has 9 rings (SSSR count). The predicted molar refractivity (Wildman–Crippen MR) is 192 cm³/mol. The Morgan fingerprint density at radius 1 is 0.455 bits per heavy atom. The SMILES string of the molecule is Cc1ccc(-c2c3ccccc3c(-c3ccc4c(c3)C(C)(C)c3ccc5c(sc6cc(C)ccc65)c3-4)c3ccccc23)cc1. The summed E-state index contributed by atoms with van der Waals surface area (Å²) >= 11 is 1.95. The van der Waals surface area contributed by atoms with E-state index in [2.05, 4.69) is 149 Å². The van der Waals surface area contributed by atoms with Crippen LogP contribution in [0.4, 0.5) is 0 Å². The quantitative estimate of drug-likeness (QED) is 0.178. The minimum atomic E-state index is -0.0889. The molecule has 0 amide bonds. The minimum Gasteiger partial charge on any atom is -0.135 e. The highest BCUT2D eigenvalue weighted by Gasteiger charge is 2.37. The molecule has 0 unspecified atom stereocenters. The van der Waals surface area contributed by atoms with Gasteiger partial charge in [-0.3, -0.25) is 0 Å². The van der Waals surface area contributed by atoms with Crippen LogP contribution in [0, 0.1) is 13.8 Å². The zero-order valence-corrected chi connectivity index (χ0v) is 26.3. The van der Waals surface area contributed by atoms with Crippen molar-refractivity contribution in [1.82, 2.24) is 0 Å². The Balaban J connectivity index is 1.32. The standard InChI is InChI=1S/C43H32S/c1-25-13-16-27(17-14-25)39-30-9-5-7-11-32(30)40(33-12-8-6-10-31(33)39)28-18-20-35-37(24-28)43(3,4)36-22-21-34-29-19-15-26(2)23-38(29)44-42(34)41(35)36/h5-24H,1-4H3. The molecule has 1 heteroatoms. The van der Waals surface area contributed by atoms with Crippen molar-refractivity contribution in [3.8, 4) is 33.4 Å². The zero-order valence-electron chi connectivity index (χ0n) is 25.5. The Bertz CT molecular complexity index is 2410. The van der Waals surface area contributed by atoms with Crippen molar-refractivity contribution in [3.63, 3.8) is 0 Å². The van der Waals surface area contributed by atoms with Crippen molar-refractivity contribution in [2.24, 2.45) is 0 Å². The van der Waals surface area contributed by atoms with E-state index < -0.39 is 0 Å². The maximum atomic E-state index is 2.50. The zero-order chi connectivity index (χ0) is 29.7. The van der Waals surface area contributed by atoms with Gasteiger partial charge in [0.25, 0.3) is 0 Å². The number of benzene rings is 7. The van der Waals surface area contributed by atoms with Gasteiger partial charge in [-0.1, -0.05) is 129 Å². The summed E-state index contributed by atoms with van der Waals surface area (Å²) in [5, 5.41) is 7.95. The van der Waals surface area contributed by atoms with Gasteiger partial charge in [-0.2, -0.15) is 0 Å². The van der Waals surface area contributed by atoms with E-state index in [0.29, 0.717) is 0 Å². The summed E-state index contributed by atoms with van der Waals surface area (Å²) in [7, 11) is 0. The largest absolute Gasteiger partial charge is 0.135 e. The van der Waals surface area contributed by atoms with Crippen LogP contribution in [0.5, 0.6) is 0 Å². The molecule has 1 aromatic heterocycles. The number of aryl methyl sites for hydroxylation is 2. The Morgan fingerprint density at radius 2 is 1.02 bits per heavy atom. The first kappa shape index (κ1) is 25.7. The van der Waals surface area contributed by atoms with Crippen LogP contribution < -0.4 is 0 Å². The van der Waals surface area contributed by atoms with Gasteiger partial charge in [-0.05, 0) is 92.0 Å². The van der Waals surface area contributed by atoms with Crippen LogP contribution in [0.2, 0.25) is 0 Å². The lowest BCUT2D eigenvalue weighted by Gasteiger charge is -2.23. The molecule has 0 radical (unpaired) electrons. The van der Waals surface area contributed by atoms with Crippen LogP contribution in [0.1, 0.15) is 36.1 Å². The van der Waals surface area contributed by atoms with Crippen molar-refractivity contribution in [2.45, 2.75) is 33.1 Å². The van der Waals surface area contributed by atoms with E-state index in [1.165, 1.54) is 97.4 Å². The summed E-state index contributed by atoms with van der Waals surface area (Å²) in [4.78, 5) is 0. The number of thiophene rings is 1. The average molecular weight is 581 g/mol. The lowest BCUT2D eigenvalue weighted by Crippen LogP contribution is -2.15.